The summed E-state index contributed by atoms with van der Waals surface area (Å²) in [6, 6.07) is 7.64. The summed E-state index contributed by atoms with van der Waals surface area (Å²) < 4.78 is 69.1. The van der Waals surface area contributed by atoms with Crippen molar-refractivity contribution in [1.82, 2.24) is 19.2 Å². The number of carbonyl (C=O) groups excluding carboxylic acids is 1. The number of aromatic nitrogens is 2. The number of hydrogen-bond acceptors (Lipinski definition) is 4. The molecule has 4 rings (SSSR count). The highest BCUT2D eigenvalue weighted by molar-refractivity contribution is 7.89. The van der Waals surface area contributed by atoms with E-state index in [1.807, 2.05) is 0 Å². The minimum absolute atomic E-state index is 0.0481. The minimum atomic E-state index is -4.02. The van der Waals surface area contributed by atoms with Gasteiger partial charge in [0.15, 0.2) is 11.6 Å². The lowest BCUT2D eigenvalue weighted by atomic mass is 9.96. The number of carbonyl (C=O) groups is 1. The third-order valence-electron chi connectivity index (χ3n) is 5.94. The summed E-state index contributed by atoms with van der Waals surface area (Å²) in [5.74, 6) is -3.07. The van der Waals surface area contributed by atoms with Crippen LogP contribution in [0.25, 0.3) is 0 Å². The first kappa shape index (κ1) is 24.0. The Labute approximate surface area is 195 Å². The average Bonchev–Trinajstić information content (AvgIpc) is 3.24. The summed E-state index contributed by atoms with van der Waals surface area (Å²) in [6.07, 6.45) is 3.78. The first-order valence-electron chi connectivity index (χ1n) is 10.6. The third kappa shape index (κ3) is 4.85. The molecule has 2 aromatic carbocycles. The van der Waals surface area contributed by atoms with Crippen LogP contribution >= 0.6 is 0 Å². The van der Waals surface area contributed by atoms with Crippen molar-refractivity contribution in [3.63, 3.8) is 0 Å². The van der Waals surface area contributed by atoms with Crippen LogP contribution in [0.4, 0.5) is 13.2 Å². The van der Waals surface area contributed by atoms with Crippen LogP contribution in [0, 0.1) is 23.4 Å². The molecule has 7 nitrogen and oxygen atoms in total. The van der Waals surface area contributed by atoms with Gasteiger partial charge in [-0.25, -0.2) is 26.6 Å². The van der Waals surface area contributed by atoms with E-state index < -0.39 is 39.4 Å². The summed E-state index contributed by atoms with van der Waals surface area (Å²) in [5, 5.41) is 2.92. The zero-order valence-corrected chi connectivity index (χ0v) is 19.1. The van der Waals surface area contributed by atoms with Crippen molar-refractivity contribution >= 4 is 15.9 Å². The second kappa shape index (κ2) is 9.59. The normalized spacial score (nSPS) is 16.4. The molecule has 34 heavy (non-hydrogen) atoms. The number of amides is 1. The molecule has 1 aliphatic rings. The smallest absolute Gasteiger partial charge is 0.243 e. The Balaban J connectivity index is 1.47. The summed E-state index contributed by atoms with van der Waals surface area (Å²) in [4.78, 5) is 17.0. The fourth-order valence-electron chi connectivity index (χ4n) is 4.04. The van der Waals surface area contributed by atoms with Crippen LogP contribution in [0.3, 0.4) is 0 Å². The zero-order valence-electron chi connectivity index (χ0n) is 18.3. The van der Waals surface area contributed by atoms with Crippen LogP contribution in [0.2, 0.25) is 0 Å². The van der Waals surface area contributed by atoms with Crippen LogP contribution in [-0.2, 0) is 21.9 Å². The van der Waals surface area contributed by atoms with Crippen molar-refractivity contribution in [3.05, 3.63) is 83.7 Å². The highest BCUT2D eigenvalue weighted by atomic mass is 32.2. The highest BCUT2D eigenvalue weighted by Gasteiger charge is 2.34. The molecular formula is C23H23F3N4O3S. The van der Waals surface area contributed by atoms with Crippen LogP contribution in [0.1, 0.15) is 30.3 Å². The van der Waals surface area contributed by atoms with E-state index in [0.29, 0.717) is 17.5 Å². The minimum Gasteiger partial charge on any atom is -0.342 e. The SMILES string of the molecule is Cn1ccnc1[C@@H](NC(=O)C1CCN(S(=O)(=O)c2ccc(F)c(F)c2)CC1)c1cccc(F)c1. The van der Waals surface area contributed by atoms with E-state index in [2.05, 4.69) is 10.3 Å². The Morgan fingerprint density at radius 1 is 1.09 bits per heavy atom. The first-order chi connectivity index (χ1) is 16.2. The fraction of sp³-hybridized carbons (Fsp3) is 0.304. The lowest BCUT2D eigenvalue weighted by Crippen LogP contribution is -2.44. The van der Waals surface area contributed by atoms with E-state index in [0.717, 1.165) is 16.4 Å². The van der Waals surface area contributed by atoms with E-state index in [1.54, 1.807) is 36.1 Å². The summed E-state index contributed by atoms with van der Waals surface area (Å²) >= 11 is 0. The highest BCUT2D eigenvalue weighted by Crippen LogP contribution is 2.27. The van der Waals surface area contributed by atoms with Crippen molar-refractivity contribution in [2.75, 3.05) is 13.1 Å². The van der Waals surface area contributed by atoms with Crippen molar-refractivity contribution in [1.29, 1.82) is 0 Å². The molecule has 11 heteroatoms. The van der Waals surface area contributed by atoms with Gasteiger partial charge in [0.1, 0.15) is 17.7 Å². The van der Waals surface area contributed by atoms with Crippen LogP contribution in [0.15, 0.2) is 59.8 Å². The van der Waals surface area contributed by atoms with Gasteiger partial charge in [0.25, 0.3) is 0 Å². The van der Waals surface area contributed by atoms with Gasteiger partial charge in [0, 0.05) is 38.4 Å². The lowest BCUT2D eigenvalue weighted by molar-refractivity contribution is -0.126. The molecule has 1 amide bonds. The number of hydrogen-bond donors (Lipinski definition) is 1. The third-order valence-corrected chi connectivity index (χ3v) is 7.83. The van der Waals surface area contributed by atoms with Gasteiger partial charge in [-0.3, -0.25) is 4.79 Å². The predicted octanol–water partition coefficient (Wildman–Crippen LogP) is 3.14. The molecular weight excluding hydrogens is 469 g/mol. The second-order valence-electron chi connectivity index (χ2n) is 8.15. The van der Waals surface area contributed by atoms with Gasteiger partial charge >= 0.3 is 0 Å². The van der Waals surface area contributed by atoms with Crippen molar-refractivity contribution < 1.29 is 26.4 Å². The van der Waals surface area contributed by atoms with Crippen LogP contribution < -0.4 is 5.32 Å². The molecule has 0 saturated carbocycles. The molecule has 1 aromatic heterocycles. The molecule has 3 aromatic rings. The number of nitrogens with zero attached hydrogens (tertiary/aromatic N) is 3. The van der Waals surface area contributed by atoms with E-state index in [-0.39, 0.29) is 36.7 Å². The van der Waals surface area contributed by atoms with Crippen molar-refractivity contribution in [2.24, 2.45) is 13.0 Å². The van der Waals surface area contributed by atoms with Crippen molar-refractivity contribution in [2.45, 2.75) is 23.8 Å². The predicted molar refractivity (Wildman–Crippen MR) is 117 cm³/mol. The average molecular weight is 493 g/mol. The van der Waals surface area contributed by atoms with Gasteiger partial charge in [-0.05, 0) is 48.7 Å². The molecule has 1 N–H and O–H groups in total. The summed E-state index contributed by atoms with van der Waals surface area (Å²) in [7, 11) is -2.26. The molecule has 0 bridgehead atoms. The van der Waals surface area contributed by atoms with Crippen LogP contribution in [-0.4, -0.2) is 41.3 Å². The molecule has 1 atom stereocenters. The van der Waals surface area contributed by atoms with Crippen LogP contribution in [0.5, 0.6) is 0 Å². The number of rotatable bonds is 6. The lowest BCUT2D eigenvalue weighted by Gasteiger charge is -2.31. The van der Waals surface area contributed by atoms with E-state index in [4.69, 9.17) is 0 Å². The quantitative estimate of drug-likeness (QED) is 0.573. The van der Waals surface area contributed by atoms with Gasteiger partial charge in [-0.1, -0.05) is 12.1 Å². The number of benzene rings is 2. The monoisotopic (exact) mass is 492 g/mol. The zero-order chi connectivity index (χ0) is 24.5. The maximum Gasteiger partial charge on any atom is 0.243 e. The number of aryl methyl sites for hydroxylation is 1. The Hall–Kier alpha value is -3.18. The van der Waals surface area contributed by atoms with Gasteiger partial charge in [0.2, 0.25) is 15.9 Å². The maximum atomic E-state index is 13.9. The maximum absolute atomic E-state index is 13.9. The van der Waals surface area contributed by atoms with Gasteiger partial charge < -0.3 is 9.88 Å². The fourth-order valence-corrected chi connectivity index (χ4v) is 5.53. The molecule has 2 heterocycles. The molecule has 1 fully saturated rings. The summed E-state index contributed by atoms with van der Waals surface area (Å²) in [5.41, 5.74) is 0.529. The van der Waals surface area contributed by atoms with E-state index in [9.17, 15) is 26.4 Å². The number of imidazole rings is 1. The first-order valence-corrected chi connectivity index (χ1v) is 12.1. The Morgan fingerprint density at radius 3 is 2.44 bits per heavy atom. The topological polar surface area (TPSA) is 84.3 Å². The van der Waals surface area contributed by atoms with Gasteiger partial charge in [-0.2, -0.15) is 4.31 Å². The largest absolute Gasteiger partial charge is 0.342 e. The molecule has 180 valence electrons. The Morgan fingerprint density at radius 2 is 1.82 bits per heavy atom. The molecule has 0 aliphatic carbocycles. The Kier molecular flexibility index (Phi) is 6.76. The molecule has 1 aliphatic heterocycles. The number of sulfonamides is 1. The second-order valence-corrected chi connectivity index (χ2v) is 10.1. The molecule has 0 unspecified atom stereocenters. The Bertz CT molecular complexity index is 1300. The standard InChI is InChI=1S/C23H23F3N4O3S/c1-29-12-9-27-22(29)21(16-3-2-4-17(24)13-16)28-23(31)15-7-10-30(11-8-15)34(32,33)18-5-6-19(25)20(26)14-18/h2-6,9,12-15,21H,7-8,10-11H2,1H3,(H,28,31)/t21-/m0/s1. The summed E-state index contributed by atoms with van der Waals surface area (Å²) in [6.45, 7) is 0.0961. The van der Waals surface area contributed by atoms with Gasteiger partial charge in [-0.15, -0.1) is 0 Å². The molecule has 1 saturated heterocycles. The van der Waals surface area contributed by atoms with Gasteiger partial charge in [0.05, 0.1) is 4.90 Å². The number of piperidine rings is 1. The molecule has 0 spiro atoms. The van der Waals surface area contributed by atoms with E-state index in [1.165, 1.54) is 12.1 Å². The van der Waals surface area contributed by atoms with E-state index >= 15 is 0 Å². The number of nitrogens with one attached hydrogen (secondary N) is 1. The molecule has 0 radical (unpaired) electrons. The number of halogens is 3. The van der Waals surface area contributed by atoms with Crippen molar-refractivity contribution in [3.8, 4) is 0 Å².